The summed E-state index contributed by atoms with van der Waals surface area (Å²) in [5.41, 5.74) is 0. The van der Waals surface area contributed by atoms with Crippen LogP contribution >= 0.6 is 0 Å². The van der Waals surface area contributed by atoms with Crippen molar-refractivity contribution < 1.29 is 15.0 Å². The predicted molar refractivity (Wildman–Crippen MR) is 272 cm³/mol. The second kappa shape index (κ2) is 53.2. The number of carbonyl (C=O) groups is 1. The topological polar surface area (TPSA) is 69.6 Å². The highest BCUT2D eigenvalue weighted by Crippen LogP contribution is 2.18. The smallest absolute Gasteiger partial charge is 0.220 e. The standard InChI is InChI=1S/C57H111NO3/c1-3-5-7-9-11-13-15-17-19-21-23-24-25-26-27-28-29-30-31-32-33-35-36-38-40-42-44-46-48-50-52-56(60)55(54-59)58-57(61)53-51-49-47-45-43-41-39-37-34-22-20-18-16-14-12-10-8-6-4-2/h12,14,18,20,55-56,59-60H,3-11,13,15-17,19,21-54H2,1-2H3,(H,58,61)/b14-12-,20-18-. The van der Waals surface area contributed by atoms with Crippen LogP contribution in [0.3, 0.4) is 0 Å². The minimum absolute atomic E-state index is 0.0316. The van der Waals surface area contributed by atoms with Gasteiger partial charge in [-0.05, 0) is 44.9 Å². The summed E-state index contributed by atoms with van der Waals surface area (Å²) < 4.78 is 0. The molecule has 0 saturated carbocycles. The van der Waals surface area contributed by atoms with Crippen LogP contribution in [0.25, 0.3) is 0 Å². The molecule has 0 aliphatic carbocycles. The van der Waals surface area contributed by atoms with Crippen LogP contribution in [0.5, 0.6) is 0 Å². The molecule has 0 spiro atoms. The van der Waals surface area contributed by atoms with E-state index in [-0.39, 0.29) is 12.5 Å². The van der Waals surface area contributed by atoms with Gasteiger partial charge in [-0.1, -0.05) is 289 Å². The van der Waals surface area contributed by atoms with Crippen LogP contribution in [-0.4, -0.2) is 34.9 Å². The van der Waals surface area contributed by atoms with Crippen LogP contribution in [0.1, 0.15) is 316 Å². The highest BCUT2D eigenvalue weighted by atomic mass is 16.3. The van der Waals surface area contributed by atoms with Crippen molar-refractivity contribution >= 4 is 5.91 Å². The minimum Gasteiger partial charge on any atom is -0.394 e. The van der Waals surface area contributed by atoms with Gasteiger partial charge in [0.25, 0.3) is 0 Å². The highest BCUT2D eigenvalue weighted by Gasteiger charge is 2.20. The number of amides is 1. The van der Waals surface area contributed by atoms with Gasteiger partial charge in [0.05, 0.1) is 18.8 Å². The van der Waals surface area contributed by atoms with Crippen molar-refractivity contribution in [2.45, 2.75) is 328 Å². The molecule has 0 aliphatic heterocycles. The molecule has 61 heavy (non-hydrogen) atoms. The normalized spacial score (nSPS) is 12.9. The maximum Gasteiger partial charge on any atom is 0.220 e. The number of hydrogen-bond donors (Lipinski definition) is 3. The first-order valence-electron chi connectivity index (χ1n) is 28.0. The van der Waals surface area contributed by atoms with Gasteiger partial charge in [0.15, 0.2) is 0 Å². The van der Waals surface area contributed by atoms with E-state index >= 15 is 0 Å². The summed E-state index contributed by atoms with van der Waals surface area (Å²) in [5.74, 6) is -0.0316. The molecule has 0 aromatic rings. The monoisotopic (exact) mass is 858 g/mol. The minimum atomic E-state index is -0.661. The molecule has 4 nitrogen and oxygen atoms in total. The molecule has 2 unspecified atom stereocenters. The zero-order chi connectivity index (χ0) is 44.2. The molecule has 0 fully saturated rings. The quantitative estimate of drug-likeness (QED) is 0.0422. The first-order chi connectivity index (χ1) is 30.2. The Kier molecular flexibility index (Phi) is 52.2. The van der Waals surface area contributed by atoms with Crippen molar-refractivity contribution in [3.05, 3.63) is 24.3 Å². The second-order valence-electron chi connectivity index (χ2n) is 19.4. The molecule has 0 aromatic heterocycles. The van der Waals surface area contributed by atoms with Crippen LogP contribution in [-0.2, 0) is 4.79 Å². The lowest BCUT2D eigenvalue weighted by Crippen LogP contribution is -2.45. The maximum absolute atomic E-state index is 12.5. The van der Waals surface area contributed by atoms with E-state index in [1.165, 1.54) is 257 Å². The van der Waals surface area contributed by atoms with Crippen molar-refractivity contribution in [2.75, 3.05) is 6.61 Å². The van der Waals surface area contributed by atoms with E-state index in [0.29, 0.717) is 12.8 Å². The number of hydrogen-bond acceptors (Lipinski definition) is 3. The SMILES string of the molecule is CCCCC/C=C\C/C=C\CCCCCCCCCCCC(=O)NC(CO)C(O)CCCCCCCCCCCCCCCCCCCCCCCCCCCCCCCC. The zero-order valence-corrected chi connectivity index (χ0v) is 41.7. The van der Waals surface area contributed by atoms with Crippen molar-refractivity contribution in [2.24, 2.45) is 0 Å². The van der Waals surface area contributed by atoms with Crippen LogP contribution < -0.4 is 5.32 Å². The molecule has 1 amide bonds. The first-order valence-corrected chi connectivity index (χ1v) is 28.0. The van der Waals surface area contributed by atoms with E-state index in [1.807, 2.05) is 0 Å². The fourth-order valence-electron chi connectivity index (χ4n) is 8.92. The first kappa shape index (κ1) is 59.9. The van der Waals surface area contributed by atoms with Crippen molar-refractivity contribution in [3.8, 4) is 0 Å². The molecule has 3 N–H and O–H groups in total. The van der Waals surface area contributed by atoms with Gasteiger partial charge >= 0.3 is 0 Å². The molecule has 362 valence electrons. The summed E-state index contributed by atoms with van der Waals surface area (Å²) in [6.07, 6.45) is 70.2. The Labute approximate surface area is 383 Å². The highest BCUT2D eigenvalue weighted by molar-refractivity contribution is 5.76. The lowest BCUT2D eigenvalue weighted by molar-refractivity contribution is -0.123. The molecule has 0 bridgehead atoms. The molecule has 0 radical (unpaired) electrons. The van der Waals surface area contributed by atoms with E-state index in [9.17, 15) is 15.0 Å². The summed E-state index contributed by atoms with van der Waals surface area (Å²) >= 11 is 0. The largest absolute Gasteiger partial charge is 0.394 e. The van der Waals surface area contributed by atoms with Crippen LogP contribution in [0.15, 0.2) is 24.3 Å². The van der Waals surface area contributed by atoms with Crippen molar-refractivity contribution in [3.63, 3.8) is 0 Å². The van der Waals surface area contributed by atoms with Crippen molar-refractivity contribution in [1.29, 1.82) is 0 Å². The average Bonchev–Trinajstić information content (AvgIpc) is 3.26. The molecule has 0 aromatic carbocycles. The third kappa shape index (κ3) is 49.7. The summed E-state index contributed by atoms with van der Waals surface area (Å²) in [4.78, 5) is 12.5. The molecule has 2 atom stereocenters. The molecule has 0 saturated heterocycles. The number of aliphatic hydroxyl groups excluding tert-OH is 2. The van der Waals surface area contributed by atoms with Gasteiger partial charge in [-0.25, -0.2) is 0 Å². The summed E-state index contributed by atoms with van der Waals surface area (Å²) in [5, 5.41) is 23.3. The van der Waals surface area contributed by atoms with Gasteiger partial charge in [-0.15, -0.1) is 0 Å². The fourth-order valence-corrected chi connectivity index (χ4v) is 8.92. The van der Waals surface area contributed by atoms with Crippen LogP contribution in [0.4, 0.5) is 0 Å². The number of aliphatic hydroxyl groups is 2. The lowest BCUT2D eigenvalue weighted by atomic mass is 10.0. The molecule has 0 aliphatic rings. The second-order valence-corrected chi connectivity index (χ2v) is 19.4. The van der Waals surface area contributed by atoms with E-state index in [4.69, 9.17) is 0 Å². The average molecular weight is 859 g/mol. The van der Waals surface area contributed by atoms with Gasteiger partial charge in [0.1, 0.15) is 0 Å². The van der Waals surface area contributed by atoms with Gasteiger partial charge in [-0.3, -0.25) is 4.79 Å². The van der Waals surface area contributed by atoms with E-state index in [0.717, 1.165) is 32.1 Å². The Balaban J connectivity index is 3.41. The number of allylic oxidation sites excluding steroid dienone is 4. The van der Waals surface area contributed by atoms with Gasteiger partial charge in [0, 0.05) is 6.42 Å². The summed E-state index contributed by atoms with van der Waals surface area (Å²) in [6, 6.07) is -0.538. The van der Waals surface area contributed by atoms with E-state index in [1.54, 1.807) is 0 Å². The van der Waals surface area contributed by atoms with Crippen LogP contribution in [0.2, 0.25) is 0 Å². The Morgan fingerprint density at radius 2 is 0.672 bits per heavy atom. The molecular weight excluding hydrogens is 747 g/mol. The Morgan fingerprint density at radius 3 is 1.02 bits per heavy atom. The number of unbranched alkanes of at least 4 members (excludes halogenated alkanes) is 41. The Morgan fingerprint density at radius 1 is 0.393 bits per heavy atom. The molecule has 0 rings (SSSR count). The Bertz CT molecular complexity index is 886. The summed E-state index contributed by atoms with van der Waals surface area (Å²) in [7, 11) is 0. The third-order valence-electron chi connectivity index (χ3n) is 13.2. The van der Waals surface area contributed by atoms with Crippen LogP contribution in [0, 0.1) is 0 Å². The van der Waals surface area contributed by atoms with Gasteiger partial charge in [-0.2, -0.15) is 0 Å². The van der Waals surface area contributed by atoms with E-state index in [2.05, 4.69) is 43.5 Å². The fraction of sp³-hybridized carbons (Fsp3) is 0.912. The van der Waals surface area contributed by atoms with Gasteiger partial charge < -0.3 is 15.5 Å². The number of carbonyl (C=O) groups excluding carboxylic acids is 1. The molecule has 4 heteroatoms. The number of nitrogens with one attached hydrogen (secondary N) is 1. The number of rotatable bonds is 52. The molecular formula is C57H111NO3. The van der Waals surface area contributed by atoms with E-state index < -0.39 is 12.1 Å². The zero-order valence-electron chi connectivity index (χ0n) is 41.7. The van der Waals surface area contributed by atoms with Crippen molar-refractivity contribution in [1.82, 2.24) is 5.32 Å². The van der Waals surface area contributed by atoms with Gasteiger partial charge in [0.2, 0.25) is 5.91 Å². The Hall–Kier alpha value is -1.13. The summed E-state index contributed by atoms with van der Waals surface area (Å²) in [6.45, 7) is 4.36. The predicted octanol–water partition coefficient (Wildman–Crippen LogP) is 18.3. The third-order valence-corrected chi connectivity index (χ3v) is 13.2. The lowest BCUT2D eigenvalue weighted by Gasteiger charge is -2.22. The molecule has 0 heterocycles. The maximum atomic E-state index is 12.5.